The first-order valence-corrected chi connectivity index (χ1v) is 8.14. The molecule has 2 heterocycles. The third-order valence-corrected chi connectivity index (χ3v) is 4.87. The Morgan fingerprint density at radius 1 is 1.05 bits per heavy atom. The zero-order chi connectivity index (χ0) is 14.7. The molecule has 0 spiro atoms. The molecule has 0 saturated carbocycles. The number of hydrogen-bond donors (Lipinski definition) is 2. The van der Waals surface area contributed by atoms with Crippen LogP contribution < -0.4 is 10.6 Å². The maximum absolute atomic E-state index is 7.44. The molecule has 1 aromatic rings. The smallest absolute Gasteiger partial charge is 0.122 e. The van der Waals surface area contributed by atoms with Crippen molar-refractivity contribution in [3.8, 4) is 0 Å². The topological polar surface area (TPSA) is 56.4 Å². The van der Waals surface area contributed by atoms with Gasteiger partial charge in [0.05, 0.1) is 0 Å². The fourth-order valence-corrected chi connectivity index (χ4v) is 3.56. The Morgan fingerprint density at radius 3 is 2.24 bits per heavy atom. The second-order valence-electron chi connectivity index (χ2n) is 6.40. The molecule has 4 nitrogen and oxygen atoms in total. The SMILES string of the molecule is N=C(N)c1ccc(N2CCC(CN3CCCC3)CC2)cc1. The number of amidine groups is 1. The Hall–Kier alpha value is -1.55. The van der Waals surface area contributed by atoms with E-state index in [9.17, 15) is 0 Å². The van der Waals surface area contributed by atoms with Crippen molar-refractivity contribution < 1.29 is 0 Å². The standard InChI is InChI=1S/C17H26N4/c18-17(19)15-3-5-16(6-4-15)21-11-7-14(8-12-21)13-20-9-1-2-10-20/h3-6,14H,1-2,7-13H2,(H3,18,19). The van der Waals surface area contributed by atoms with Gasteiger partial charge in [0.1, 0.15) is 5.84 Å². The average molecular weight is 286 g/mol. The predicted molar refractivity (Wildman–Crippen MR) is 88.1 cm³/mol. The van der Waals surface area contributed by atoms with Gasteiger partial charge in [0, 0.05) is 30.9 Å². The molecule has 4 heteroatoms. The molecule has 0 radical (unpaired) electrons. The van der Waals surface area contributed by atoms with Crippen LogP contribution in [0.2, 0.25) is 0 Å². The van der Waals surface area contributed by atoms with Crippen LogP contribution in [0.1, 0.15) is 31.2 Å². The lowest BCUT2D eigenvalue weighted by molar-refractivity contribution is 0.249. The molecule has 3 N–H and O–H groups in total. The molecule has 114 valence electrons. The highest BCUT2D eigenvalue weighted by Crippen LogP contribution is 2.25. The first-order valence-electron chi connectivity index (χ1n) is 8.14. The third kappa shape index (κ3) is 3.56. The largest absolute Gasteiger partial charge is 0.384 e. The van der Waals surface area contributed by atoms with Crippen molar-refractivity contribution in [2.45, 2.75) is 25.7 Å². The van der Waals surface area contributed by atoms with Crippen LogP contribution in [0.15, 0.2) is 24.3 Å². The monoisotopic (exact) mass is 286 g/mol. The number of hydrogen-bond acceptors (Lipinski definition) is 3. The van der Waals surface area contributed by atoms with E-state index in [1.54, 1.807) is 0 Å². The molecule has 1 aromatic carbocycles. The van der Waals surface area contributed by atoms with Gasteiger partial charge in [-0.25, -0.2) is 0 Å². The summed E-state index contributed by atoms with van der Waals surface area (Å²) < 4.78 is 0. The van der Waals surface area contributed by atoms with E-state index in [1.807, 2.05) is 12.1 Å². The van der Waals surface area contributed by atoms with Gasteiger partial charge in [0.25, 0.3) is 0 Å². The maximum Gasteiger partial charge on any atom is 0.122 e. The second-order valence-corrected chi connectivity index (χ2v) is 6.40. The van der Waals surface area contributed by atoms with E-state index in [1.165, 1.54) is 51.0 Å². The molecule has 0 atom stereocenters. The molecule has 2 aliphatic heterocycles. The van der Waals surface area contributed by atoms with Crippen molar-refractivity contribution >= 4 is 11.5 Å². The van der Waals surface area contributed by atoms with Crippen LogP contribution >= 0.6 is 0 Å². The fraction of sp³-hybridized carbons (Fsp3) is 0.588. The summed E-state index contributed by atoms with van der Waals surface area (Å²) in [6.07, 6.45) is 5.37. The molecule has 0 aliphatic carbocycles. The van der Waals surface area contributed by atoms with Gasteiger partial charge in [-0.05, 0) is 69.0 Å². The van der Waals surface area contributed by atoms with E-state index >= 15 is 0 Å². The molecular formula is C17H26N4. The number of anilines is 1. The quantitative estimate of drug-likeness (QED) is 0.659. The molecule has 2 saturated heterocycles. The van der Waals surface area contributed by atoms with Gasteiger partial charge in [-0.2, -0.15) is 0 Å². The lowest BCUT2D eigenvalue weighted by atomic mass is 9.95. The van der Waals surface area contributed by atoms with E-state index in [4.69, 9.17) is 11.1 Å². The second kappa shape index (κ2) is 6.48. The summed E-state index contributed by atoms with van der Waals surface area (Å²) in [6.45, 7) is 6.23. The minimum atomic E-state index is 0.144. The number of nitrogens with two attached hydrogens (primary N) is 1. The van der Waals surface area contributed by atoms with Gasteiger partial charge in [-0.15, -0.1) is 0 Å². The maximum atomic E-state index is 7.44. The van der Waals surface area contributed by atoms with Crippen LogP contribution in [0.3, 0.4) is 0 Å². The van der Waals surface area contributed by atoms with Crippen molar-refractivity contribution in [2.75, 3.05) is 37.6 Å². The Bertz CT molecular complexity index is 468. The van der Waals surface area contributed by atoms with Crippen molar-refractivity contribution in [1.82, 2.24) is 4.90 Å². The summed E-state index contributed by atoms with van der Waals surface area (Å²) in [7, 11) is 0. The van der Waals surface area contributed by atoms with Crippen LogP contribution in [0, 0.1) is 11.3 Å². The molecule has 0 amide bonds. The van der Waals surface area contributed by atoms with E-state index in [0.717, 1.165) is 24.6 Å². The number of nitrogen functional groups attached to an aromatic ring is 1. The van der Waals surface area contributed by atoms with Crippen LogP contribution in [-0.2, 0) is 0 Å². The van der Waals surface area contributed by atoms with E-state index < -0.39 is 0 Å². The summed E-state index contributed by atoms with van der Waals surface area (Å²) in [4.78, 5) is 5.10. The van der Waals surface area contributed by atoms with Gasteiger partial charge >= 0.3 is 0 Å². The van der Waals surface area contributed by atoms with E-state index in [-0.39, 0.29) is 5.84 Å². The zero-order valence-electron chi connectivity index (χ0n) is 12.7. The van der Waals surface area contributed by atoms with Gasteiger partial charge in [-0.1, -0.05) is 0 Å². The number of piperidine rings is 1. The van der Waals surface area contributed by atoms with Crippen LogP contribution in [-0.4, -0.2) is 43.5 Å². The molecule has 3 rings (SSSR count). The number of rotatable bonds is 4. The van der Waals surface area contributed by atoms with Gasteiger partial charge in [0.15, 0.2) is 0 Å². The minimum absolute atomic E-state index is 0.144. The Balaban J connectivity index is 1.51. The summed E-state index contributed by atoms with van der Waals surface area (Å²) >= 11 is 0. The first kappa shape index (κ1) is 14.4. The molecule has 21 heavy (non-hydrogen) atoms. The van der Waals surface area contributed by atoms with Gasteiger partial charge < -0.3 is 15.5 Å². The Kier molecular flexibility index (Phi) is 4.44. The summed E-state index contributed by atoms with van der Waals surface area (Å²) in [6, 6.07) is 8.09. The number of nitrogens with zero attached hydrogens (tertiary/aromatic N) is 2. The Labute approximate surface area is 127 Å². The summed E-state index contributed by atoms with van der Waals surface area (Å²) in [5, 5.41) is 7.44. The minimum Gasteiger partial charge on any atom is -0.384 e. The number of benzene rings is 1. The predicted octanol–water partition coefficient (Wildman–Crippen LogP) is 2.28. The van der Waals surface area contributed by atoms with Crippen molar-refractivity contribution in [3.05, 3.63) is 29.8 Å². The van der Waals surface area contributed by atoms with Gasteiger partial charge in [-0.3, -0.25) is 5.41 Å². The van der Waals surface area contributed by atoms with E-state index in [0.29, 0.717) is 0 Å². The summed E-state index contributed by atoms with van der Waals surface area (Å²) in [5.41, 5.74) is 7.57. The molecule has 2 aliphatic rings. The molecule has 0 aromatic heterocycles. The average Bonchev–Trinajstić information content (AvgIpc) is 3.01. The lowest BCUT2D eigenvalue weighted by Gasteiger charge is -2.35. The molecular weight excluding hydrogens is 260 g/mol. The number of nitrogens with one attached hydrogen (secondary N) is 1. The molecule has 0 unspecified atom stereocenters. The van der Waals surface area contributed by atoms with Crippen LogP contribution in [0.5, 0.6) is 0 Å². The fourth-order valence-electron chi connectivity index (χ4n) is 3.56. The highest BCUT2D eigenvalue weighted by Gasteiger charge is 2.22. The highest BCUT2D eigenvalue weighted by molar-refractivity contribution is 5.95. The van der Waals surface area contributed by atoms with Gasteiger partial charge in [0.2, 0.25) is 0 Å². The highest BCUT2D eigenvalue weighted by atomic mass is 15.2. The van der Waals surface area contributed by atoms with E-state index in [2.05, 4.69) is 21.9 Å². The molecule has 2 fully saturated rings. The van der Waals surface area contributed by atoms with Crippen molar-refractivity contribution in [1.29, 1.82) is 5.41 Å². The normalized spacial score (nSPS) is 20.9. The van der Waals surface area contributed by atoms with Crippen LogP contribution in [0.4, 0.5) is 5.69 Å². The third-order valence-electron chi connectivity index (χ3n) is 4.87. The first-order chi connectivity index (χ1) is 10.2. The summed E-state index contributed by atoms with van der Waals surface area (Å²) in [5.74, 6) is 1.02. The molecule has 0 bridgehead atoms. The number of likely N-dealkylation sites (tertiary alicyclic amines) is 1. The lowest BCUT2D eigenvalue weighted by Crippen LogP contribution is -2.38. The van der Waals surface area contributed by atoms with Crippen LogP contribution in [0.25, 0.3) is 0 Å². The van der Waals surface area contributed by atoms with Crippen molar-refractivity contribution in [2.24, 2.45) is 11.7 Å². The van der Waals surface area contributed by atoms with Crippen molar-refractivity contribution in [3.63, 3.8) is 0 Å². The zero-order valence-corrected chi connectivity index (χ0v) is 12.7. The Morgan fingerprint density at radius 2 is 1.67 bits per heavy atom.